The molecule has 3 heteroatoms. The molecule has 1 heterocycles. The maximum absolute atomic E-state index is 4.94. The molecular formula is C10H13BrMgO. The summed E-state index contributed by atoms with van der Waals surface area (Å²) >= 11 is 0. The summed E-state index contributed by atoms with van der Waals surface area (Å²) in [6.07, 6.45) is 2.56. The summed E-state index contributed by atoms with van der Waals surface area (Å²) in [5.74, 6) is 0. The first-order chi connectivity index (χ1) is 5.50. The van der Waals surface area contributed by atoms with Crippen molar-refractivity contribution in [3.8, 4) is 0 Å². The van der Waals surface area contributed by atoms with Crippen molar-refractivity contribution in [1.82, 2.24) is 0 Å². The zero-order chi connectivity index (χ0) is 7.78. The minimum Gasteiger partial charge on any atom is -1.00 e. The third-order valence-electron chi connectivity index (χ3n) is 1.43. The fourth-order valence-electron chi connectivity index (χ4n) is 0.852. The summed E-state index contributed by atoms with van der Waals surface area (Å²) in [5, 5.41) is 0. The SMILES string of the molecule is C1CCOC1.[Br-].[Mg+2].[c-]1ccccc1. The van der Waals surface area contributed by atoms with Crippen molar-refractivity contribution < 1.29 is 21.7 Å². The van der Waals surface area contributed by atoms with E-state index < -0.39 is 0 Å². The number of halogens is 1. The molecule has 1 aliphatic heterocycles. The number of rotatable bonds is 0. The first kappa shape index (κ1) is 15.9. The number of hydrogen-bond acceptors (Lipinski definition) is 1. The van der Waals surface area contributed by atoms with Crippen molar-refractivity contribution in [2.24, 2.45) is 0 Å². The molecule has 1 aliphatic rings. The monoisotopic (exact) mass is 252 g/mol. The number of ether oxygens (including phenoxy) is 1. The maximum Gasteiger partial charge on any atom is 2.00 e. The fourth-order valence-corrected chi connectivity index (χ4v) is 0.852. The Morgan fingerprint density at radius 2 is 1.46 bits per heavy atom. The van der Waals surface area contributed by atoms with Gasteiger partial charge in [-0.25, -0.2) is 0 Å². The van der Waals surface area contributed by atoms with E-state index >= 15 is 0 Å². The maximum atomic E-state index is 4.94. The Hall–Kier alpha value is 0.426. The molecule has 0 N–H and O–H groups in total. The second kappa shape index (κ2) is 12.4. The van der Waals surface area contributed by atoms with Crippen LogP contribution in [0.4, 0.5) is 0 Å². The van der Waals surface area contributed by atoms with Crippen LogP contribution in [0.3, 0.4) is 0 Å². The van der Waals surface area contributed by atoms with E-state index in [1.165, 1.54) is 12.8 Å². The third kappa shape index (κ3) is 10.3. The molecule has 0 radical (unpaired) electrons. The summed E-state index contributed by atoms with van der Waals surface area (Å²) in [4.78, 5) is 0. The zero-order valence-electron chi connectivity index (χ0n) is 7.71. The standard InChI is InChI=1S/C6H5.C4H8O.BrH.Mg/c1-2-4-6-5-3-1;1-2-4-5-3-1;;/h1-5H;1-4H2;1H;/q-1;;;+2/p-1. The minimum atomic E-state index is 0. The molecule has 0 unspecified atom stereocenters. The molecule has 2 rings (SSSR count). The van der Waals surface area contributed by atoms with Crippen LogP contribution in [-0.2, 0) is 4.74 Å². The van der Waals surface area contributed by atoms with E-state index in [2.05, 4.69) is 6.07 Å². The molecule has 1 saturated heterocycles. The minimum absolute atomic E-state index is 0. The van der Waals surface area contributed by atoms with Crippen LogP contribution in [0.5, 0.6) is 0 Å². The summed E-state index contributed by atoms with van der Waals surface area (Å²) in [5.41, 5.74) is 0. The van der Waals surface area contributed by atoms with Gasteiger partial charge in [-0.15, -0.1) is 0 Å². The van der Waals surface area contributed by atoms with Crippen molar-refractivity contribution >= 4 is 23.1 Å². The van der Waals surface area contributed by atoms with Gasteiger partial charge in [-0.1, -0.05) is 0 Å². The van der Waals surface area contributed by atoms with E-state index in [1.807, 2.05) is 30.3 Å². The van der Waals surface area contributed by atoms with Crippen LogP contribution in [0.15, 0.2) is 30.3 Å². The second-order valence-electron chi connectivity index (χ2n) is 2.40. The Labute approximate surface area is 107 Å². The van der Waals surface area contributed by atoms with E-state index in [0.717, 1.165) is 13.2 Å². The van der Waals surface area contributed by atoms with Gasteiger partial charge in [-0.3, -0.25) is 0 Å². The van der Waals surface area contributed by atoms with Crippen molar-refractivity contribution in [3.63, 3.8) is 0 Å². The predicted octanol–water partition coefficient (Wildman–Crippen LogP) is -1.09. The Kier molecular flexibility index (Phi) is 15.2. The number of benzene rings is 1. The van der Waals surface area contributed by atoms with Crippen molar-refractivity contribution in [1.29, 1.82) is 0 Å². The van der Waals surface area contributed by atoms with E-state index in [9.17, 15) is 0 Å². The van der Waals surface area contributed by atoms with Gasteiger partial charge >= 0.3 is 23.1 Å². The van der Waals surface area contributed by atoms with Crippen LogP contribution in [0.25, 0.3) is 0 Å². The largest absolute Gasteiger partial charge is 2.00 e. The van der Waals surface area contributed by atoms with Gasteiger partial charge < -0.3 is 21.7 Å². The summed E-state index contributed by atoms with van der Waals surface area (Å²) in [6, 6.07) is 12.5. The van der Waals surface area contributed by atoms with E-state index in [4.69, 9.17) is 4.74 Å². The molecule has 1 aromatic carbocycles. The fraction of sp³-hybridized carbons (Fsp3) is 0.400. The Morgan fingerprint density at radius 3 is 1.62 bits per heavy atom. The Bertz CT molecular complexity index is 132. The molecule has 0 atom stereocenters. The Balaban J connectivity index is 0. The normalized spacial score (nSPS) is 12.9. The van der Waals surface area contributed by atoms with E-state index in [1.54, 1.807) is 0 Å². The van der Waals surface area contributed by atoms with Gasteiger partial charge in [0.15, 0.2) is 0 Å². The molecule has 0 bridgehead atoms. The first-order valence-electron chi connectivity index (χ1n) is 3.99. The van der Waals surface area contributed by atoms with Gasteiger partial charge in [0, 0.05) is 13.2 Å². The van der Waals surface area contributed by atoms with Gasteiger partial charge in [0.05, 0.1) is 0 Å². The summed E-state index contributed by atoms with van der Waals surface area (Å²) < 4.78 is 4.94. The van der Waals surface area contributed by atoms with Crippen LogP contribution in [0, 0.1) is 6.07 Å². The molecular weight excluding hydrogens is 240 g/mol. The number of hydrogen-bond donors (Lipinski definition) is 0. The molecule has 1 nitrogen and oxygen atoms in total. The second-order valence-corrected chi connectivity index (χ2v) is 2.40. The third-order valence-corrected chi connectivity index (χ3v) is 1.43. The molecule has 68 valence electrons. The van der Waals surface area contributed by atoms with Crippen LogP contribution < -0.4 is 17.0 Å². The topological polar surface area (TPSA) is 9.23 Å². The van der Waals surface area contributed by atoms with Crippen LogP contribution >= 0.6 is 0 Å². The molecule has 0 aromatic heterocycles. The summed E-state index contributed by atoms with van der Waals surface area (Å²) in [6.45, 7) is 2.00. The van der Waals surface area contributed by atoms with E-state index in [-0.39, 0.29) is 40.0 Å². The van der Waals surface area contributed by atoms with Gasteiger partial charge in [0.25, 0.3) is 0 Å². The first-order valence-corrected chi connectivity index (χ1v) is 3.99. The zero-order valence-corrected chi connectivity index (χ0v) is 10.7. The quantitative estimate of drug-likeness (QED) is 0.422. The average Bonchev–Trinajstić information content (AvgIpc) is 2.64. The molecule has 1 fully saturated rings. The Morgan fingerprint density at radius 1 is 0.923 bits per heavy atom. The van der Waals surface area contributed by atoms with Crippen LogP contribution in [0.2, 0.25) is 0 Å². The van der Waals surface area contributed by atoms with E-state index in [0.29, 0.717) is 0 Å². The molecule has 0 amide bonds. The van der Waals surface area contributed by atoms with Gasteiger partial charge in [0.2, 0.25) is 0 Å². The van der Waals surface area contributed by atoms with Gasteiger partial charge in [-0.05, 0) is 12.8 Å². The molecule has 0 aliphatic carbocycles. The molecule has 1 aromatic rings. The van der Waals surface area contributed by atoms with Crippen molar-refractivity contribution in [2.45, 2.75) is 12.8 Å². The molecule has 13 heavy (non-hydrogen) atoms. The van der Waals surface area contributed by atoms with Crippen molar-refractivity contribution in [3.05, 3.63) is 36.4 Å². The smallest absolute Gasteiger partial charge is 1.00 e. The van der Waals surface area contributed by atoms with Gasteiger partial charge in [-0.2, -0.15) is 36.4 Å². The summed E-state index contributed by atoms with van der Waals surface area (Å²) in [7, 11) is 0. The van der Waals surface area contributed by atoms with Crippen molar-refractivity contribution in [2.75, 3.05) is 13.2 Å². The van der Waals surface area contributed by atoms with Crippen LogP contribution in [0.1, 0.15) is 12.8 Å². The molecule has 0 saturated carbocycles. The average molecular weight is 253 g/mol. The van der Waals surface area contributed by atoms with Gasteiger partial charge in [0.1, 0.15) is 0 Å². The predicted molar refractivity (Wildman–Crippen MR) is 51.1 cm³/mol. The molecule has 0 spiro atoms. The van der Waals surface area contributed by atoms with Crippen LogP contribution in [-0.4, -0.2) is 36.3 Å².